The number of nitrogens with one attached hydrogen (secondary N) is 1. The van der Waals surface area contributed by atoms with Gasteiger partial charge in [-0.15, -0.1) is 23.1 Å². The van der Waals surface area contributed by atoms with Gasteiger partial charge in [-0.3, -0.25) is 19.3 Å². The van der Waals surface area contributed by atoms with E-state index >= 15 is 0 Å². The lowest BCUT2D eigenvalue weighted by molar-refractivity contribution is -0.154. The largest absolute Gasteiger partial charge is 0.480 e. The molecule has 0 aromatic carbocycles. The predicted molar refractivity (Wildman–Crippen MR) is 110 cm³/mol. The summed E-state index contributed by atoms with van der Waals surface area (Å²) in [6.45, 7) is 3.04. The van der Waals surface area contributed by atoms with E-state index in [4.69, 9.17) is 21.3 Å². The highest BCUT2D eigenvalue weighted by atomic mass is 32.2. The molecule has 1 fully saturated rings. The number of rotatable bonds is 8. The second kappa shape index (κ2) is 9.05. The number of β-lactam (4-membered cyclic amide) rings is 1. The number of thiazole rings is 1. The minimum absolute atomic E-state index is 0.0628. The quantitative estimate of drug-likeness (QED) is 0.220. The first-order chi connectivity index (χ1) is 14.6. The number of aliphatic carboxylic acids is 1. The van der Waals surface area contributed by atoms with Crippen molar-refractivity contribution in [2.24, 2.45) is 5.73 Å². The van der Waals surface area contributed by atoms with Crippen molar-refractivity contribution >= 4 is 52.0 Å². The Bertz CT molecular complexity index is 978. The summed E-state index contributed by atoms with van der Waals surface area (Å²) in [5.41, 5.74) is 11.2. The van der Waals surface area contributed by atoms with E-state index < -0.39 is 53.9 Å². The van der Waals surface area contributed by atoms with Gasteiger partial charge >= 0.3 is 11.9 Å². The number of fused-ring (bicyclic) bond motifs is 1. The average molecular weight is 470 g/mol. The van der Waals surface area contributed by atoms with Crippen LogP contribution < -0.4 is 16.8 Å². The number of nitrogens with two attached hydrogens (primary N) is 2. The van der Waals surface area contributed by atoms with Gasteiger partial charge in [0.1, 0.15) is 29.8 Å². The maximum absolute atomic E-state index is 12.7. The number of allylic oxidation sites excluding steroid dienone is 1. The van der Waals surface area contributed by atoms with Crippen LogP contribution in [0.3, 0.4) is 0 Å². The number of aliphatic hydroxyl groups is 1. The molecule has 0 aliphatic carbocycles. The Labute approximate surface area is 183 Å². The lowest BCUT2D eigenvalue weighted by Gasteiger charge is -2.49. The van der Waals surface area contributed by atoms with Crippen LogP contribution in [0.5, 0.6) is 0 Å². The Morgan fingerprint density at radius 3 is 2.77 bits per heavy atom. The summed E-state index contributed by atoms with van der Waals surface area (Å²) < 4.78 is 4.95. The SMILES string of the molecule is C=CC1=C(C(=O)OCC(N)C(=O)O)N2C(=O)C(NC(=O)C(O)c3csc(N)n3)[C@@H]2SC1. The topological polar surface area (TPSA) is 198 Å². The van der Waals surface area contributed by atoms with Crippen molar-refractivity contribution in [3.8, 4) is 0 Å². The van der Waals surface area contributed by atoms with Crippen molar-refractivity contribution < 1.29 is 34.1 Å². The molecule has 4 atom stereocenters. The van der Waals surface area contributed by atoms with E-state index in [9.17, 15) is 24.3 Å². The van der Waals surface area contributed by atoms with Gasteiger partial charge in [0.2, 0.25) is 0 Å². The minimum Gasteiger partial charge on any atom is -0.480 e. The Kier molecular flexibility index (Phi) is 6.64. The number of aromatic nitrogens is 1. The normalized spacial score (nSPS) is 22.1. The molecular weight excluding hydrogens is 450 g/mol. The predicted octanol–water partition coefficient (Wildman–Crippen LogP) is -1.45. The summed E-state index contributed by atoms with van der Waals surface area (Å²) in [7, 11) is 0. The number of nitrogen functional groups attached to an aromatic ring is 1. The fourth-order valence-corrected chi connectivity index (χ4v) is 4.81. The highest BCUT2D eigenvalue weighted by Crippen LogP contribution is 2.41. The van der Waals surface area contributed by atoms with Crippen molar-refractivity contribution in [1.29, 1.82) is 0 Å². The van der Waals surface area contributed by atoms with Gasteiger partial charge in [-0.1, -0.05) is 12.7 Å². The van der Waals surface area contributed by atoms with Crippen LogP contribution in [-0.4, -0.2) is 73.7 Å². The molecule has 166 valence electrons. The molecule has 0 bridgehead atoms. The summed E-state index contributed by atoms with van der Waals surface area (Å²) in [5, 5.41) is 22.4. The smallest absolute Gasteiger partial charge is 0.355 e. The number of esters is 1. The molecule has 31 heavy (non-hydrogen) atoms. The van der Waals surface area contributed by atoms with E-state index in [1.165, 1.54) is 23.2 Å². The van der Waals surface area contributed by atoms with Crippen LogP contribution >= 0.6 is 23.1 Å². The van der Waals surface area contributed by atoms with Gasteiger partial charge < -0.3 is 31.7 Å². The molecule has 0 radical (unpaired) electrons. The van der Waals surface area contributed by atoms with Crippen LogP contribution in [0.2, 0.25) is 0 Å². The van der Waals surface area contributed by atoms with Gasteiger partial charge in [0.15, 0.2) is 11.2 Å². The Hall–Kier alpha value is -2.94. The van der Waals surface area contributed by atoms with Crippen molar-refractivity contribution in [3.05, 3.63) is 35.0 Å². The highest BCUT2D eigenvalue weighted by molar-refractivity contribution is 8.00. The molecule has 1 aromatic rings. The Balaban J connectivity index is 1.70. The zero-order valence-corrected chi connectivity index (χ0v) is 17.5. The lowest BCUT2D eigenvalue weighted by atomic mass is 10.0. The van der Waals surface area contributed by atoms with Crippen LogP contribution in [0, 0.1) is 0 Å². The molecule has 0 spiro atoms. The van der Waals surface area contributed by atoms with E-state index in [0.29, 0.717) is 11.3 Å². The zero-order chi connectivity index (χ0) is 22.9. The molecule has 2 amide bonds. The summed E-state index contributed by atoms with van der Waals surface area (Å²) >= 11 is 2.34. The average Bonchev–Trinajstić information content (AvgIpc) is 3.19. The van der Waals surface area contributed by atoms with Gasteiger partial charge in [-0.25, -0.2) is 9.78 Å². The molecule has 2 aliphatic heterocycles. The molecule has 3 heterocycles. The number of amides is 2. The number of thioether (sulfide) groups is 1. The van der Waals surface area contributed by atoms with Crippen LogP contribution in [0.15, 0.2) is 29.3 Å². The van der Waals surface area contributed by atoms with E-state index in [0.717, 1.165) is 16.2 Å². The molecule has 7 N–H and O–H groups in total. The number of hydrogen-bond donors (Lipinski definition) is 5. The molecule has 3 rings (SSSR count). The number of aliphatic hydroxyl groups excluding tert-OH is 1. The summed E-state index contributed by atoms with van der Waals surface area (Å²) in [6.07, 6.45) is -0.211. The first kappa shape index (κ1) is 22.7. The standard InChI is InChI=1S/C17H19N5O7S2/c1-2-6-4-30-14-9(21-12(24)11(23)8-5-31-17(19)20-8)13(25)22(14)10(6)16(28)29-3-7(18)15(26)27/h2,5,7,9,11,14,23H,1,3-4,18H2,(H2,19,20)(H,21,24)(H,26,27)/t7?,9?,11?,14-/m0/s1. The first-order valence-corrected chi connectivity index (χ1v) is 10.7. The van der Waals surface area contributed by atoms with Gasteiger partial charge in [0.05, 0.1) is 5.69 Å². The van der Waals surface area contributed by atoms with Crippen LogP contribution in [0.4, 0.5) is 5.13 Å². The Morgan fingerprint density at radius 2 is 2.19 bits per heavy atom. The molecule has 1 saturated heterocycles. The molecule has 12 nitrogen and oxygen atoms in total. The number of nitrogens with zero attached hydrogens (tertiary/aromatic N) is 2. The third-order valence-electron chi connectivity index (χ3n) is 4.51. The lowest BCUT2D eigenvalue weighted by Crippen LogP contribution is -2.70. The van der Waals surface area contributed by atoms with E-state index in [1.54, 1.807) is 0 Å². The number of carbonyl (C=O) groups is 4. The molecule has 14 heteroatoms. The zero-order valence-electron chi connectivity index (χ0n) is 15.9. The summed E-state index contributed by atoms with van der Waals surface area (Å²) in [6, 6.07) is -2.40. The maximum atomic E-state index is 12.7. The van der Waals surface area contributed by atoms with Crippen molar-refractivity contribution in [2.75, 3.05) is 18.1 Å². The second-order valence-electron chi connectivity index (χ2n) is 6.53. The number of carbonyl (C=O) groups excluding carboxylic acids is 3. The number of hydrogen-bond acceptors (Lipinski definition) is 11. The molecule has 1 aromatic heterocycles. The Morgan fingerprint density at radius 1 is 1.48 bits per heavy atom. The summed E-state index contributed by atoms with van der Waals surface area (Å²) in [4.78, 5) is 53.4. The molecule has 3 unspecified atom stereocenters. The third-order valence-corrected chi connectivity index (χ3v) is 6.51. The first-order valence-electron chi connectivity index (χ1n) is 8.80. The van der Waals surface area contributed by atoms with Crippen LogP contribution in [-0.2, 0) is 23.9 Å². The third kappa shape index (κ3) is 4.41. The maximum Gasteiger partial charge on any atom is 0.355 e. The van der Waals surface area contributed by atoms with Gasteiger partial charge in [-0.2, -0.15) is 0 Å². The van der Waals surface area contributed by atoms with Crippen LogP contribution in [0.1, 0.15) is 11.8 Å². The van der Waals surface area contributed by atoms with E-state index in [1.807, 2.05) is 0 Å². The molecule has 2 aliphatic rings. The van der Waals surface area contributed by atoms with Crippen molar-refractivity contribution in [1.82, 2.24) is 15.2 Å². The van der Waals surface area contributed by atoms with Crippen molar-refractivity contribution in [3.63, 3.8) is 0 Å². The monoisotopic (exact) mass is 469 g/mol. The highest BCUT2D eigenvalue weighted by Gasteiger charge is 2.54. The van der Waals surface area contributed by atoms with E-state index in [2.05, 4.69) is 16.9 Å². The number of anilines is 1. The fourth-order valence-electron chi connectivity index (χ4n) is 2.89. The van der Waals surface area contributed by atoms with E-state index in [-0.39, 0.29) is 16.5 Å². The summed E-state index contributed by atoms with van der Waals surface area (Å²) in [5.74, 6) is -3.40. The van der Waals surface area contributed by atoms with Gasteiger partial charge in [0.25, 0.3) is 11.8 Å². The number of carboxylic acid groups (broad SMARTS) is 1. The van der Waals surface area contributed by atoms with Gasteiger partial charge in [0, 0.05) is 11.1 Å². The van der Waals surface area contributed by atoms with Gasteiger partial charge in [-0.05, 0) is 5.57 Å². The number of ether oxygens (including phenoxy) is 1. The molecular formula is C17H19N5O7S2. The van der Waals surface area contributed by atoms with Crippen LogP contribution in [0.25, 0.3) is 0 Å². The minimum atomic E-state index is -1.61. The number of carboxylic acids is 1. The second-order valence-corrected chi connectivity index (χ2v) is 8.53. The fraction of sp³-hybridized carbons (Fsp3) is 0.353. The van der Waals surface area contributed by atoms with Crippen molar-refractivity contribution in [2.45, 2.75) is 23.6 Å². The molecule has 0 saturated carbocycles.